The van der Waals surface area contributed by atoms with Gasteiger partial charge in [0, 0.05) is 18.2 Å². The van der Waals surface area contributed by atoms with E-state index in [0.717, 1.165) is 5.92 Å². The zero-order chi connectivity index (χ0) is 12.0. The summed E-state index contributed by atoms with van der Waals surface area (Å²) in [6.45, 7) is 4.56. The Bertz CT molecular complexity index is 261. The maximum absolute atomic E-state index is 10.6. The molecule has 1 aliphatic carbocycles. The van der Waals surface area contributed by atoms with Crippen LogP contribution in [0.2, 0.25) is 0 Å². The Hall–Kier alpha value is -0.830. The highest BCUT2D eigenvalue weighted by Gasteiger charge is 2.22. The van der Waals surface area contributed by atoms with Gasteiger partial charge in [-0.15, -0.1) is 0 Å². The molecule has 0 radical (unpaired) electrons. The van der Waals surface area contributed by atoms with Crippen molar-refractivity contribution in [3.8, 4) is 0 Å². The van der Waals surface area contributed by atoms with E-state index in [1.807, 2.05) is 0 Å². The number of carboxylic acid groups (broad SMARTS) is 1. The molecule has 92 valence electrons. The number of nitrogens with one attached hydrogen (secondary N) is 1. The minimum atomic E-state index is -0.822. The molecule has 3 heteroatoms. The molecule has 0 spiro atoms. The van der Waals surface area contributed by atoms with Gasteiger partial charge in [0.05, 0.1) is 0 Å². The highest BCUT2D eigenvalue weighted by Crippen LogP contribution is 2.26. The van der Waals surface area contributed by atoms with Crippen LogP contribution in [-0.4, -0.2) is 23.7 Å². The van der Waals surface area contributed by atoms with Crippen molar-refractivity contribution in [2.24, 2.45) is 5.92 Å². The number of hydrogen-bond donors (Lipinski definition) is 2. The van der Waals surface area contributed by atoms with Gasteiger partial charge in [-0.3, -0.25) is 0 Å². The fourth-order valence-electron chi connectivity index (χ4n) is 2.42. The first-order valence-electron chi connectivity index (χ1n) is 6.28. The summed E-state index contributed by atoms with van der Waals surface area (Å²) in [5.41, 5.74) is 0.427. The number of aliphatic carboxylic acids is 1. The van der Waals surface area contributed by atoms with Gasteiger partial charge in [-0.05, 0) is 25.7 Å². The van der Waals surface area contributed by atoms with Crippen molar-refractivity contribution in [1.29, 1.82) is 0 Å². The SMILES string of the molecule is CCC1CCCCC1NC/C=C(/C)C(=O)O. The van der Waals surface area contributed by atoms with Crippen LogP contribution in [0.4, 0.5) is 0 Å². The second kappa shape index (κ2) is 6.69. The van der Waals surface area contributed by atoms with Gasteiger partial charge < -0.3 is 10.4 Å². The number of rotatable bonds is 5. The Balaban J connectivity index is 2.35. The van der Waals surface area contributed by atoms with E-state index >= 15 is 0 Å². The van der Waals surface area contributed by atoms with Crippen molar-refractivity contribution in [2.45, 2.75) is 52.0 Å². The zero-order valence-electron chi connectivity index (χ0n) is 10.3. The van der Waals surface area contributed by atoms with Crippen LogP contribution in [-0.2, 0) is 4.79 Å². The molecule has 1 aliphatic rings. The average molecular weight is 225 g/mol. The van der Waals surface area contributed by atoms with Crippen LogP contribution in [0, 0.1) is 5.92 Å². The average Bonchev–Trinajstić information content (AvgIpc) is 2.29. The number of carboxylic acids is 1. The summed E-state index contributed by atoms with van der Waals surface area (Å²) in [6, 6.07) is 0.580. The molecule has 0 heterocycles. The molecular formula is C13H23NO2. The Morgan fingerprint density at radius 1 is 1.44 bits per heavy atom. The highest BCUT2D eigenvalue weighted by molar-refractivity contribution is 5.85. The van der Waals surface area contributed by atoms with Gasteiger partial charge >= 0.3 is 5.97 Å². The van der Waals surface area contributed by atoms with Gasteiger partial charge in [0.15, 0.2) is 0 Å². The summed E-state index contributed by atoms with van der Waals surface area (Å²) < 4.78 is 0. The van der Waals surface area contributed by atoms with Gasteiger partial charge in [0.25, 0.3) is 0 Å². The molecule has 1 fully saturated rings. The van der Waals surface area contributed by atoms with E-state index in [9.17, 15) is 4.79 Å². The number of carbonyl (C=O) groups is 1. The van der Waals surface area contributed by atoms with Gasteiger partial charge in [-0.2, -0.15) is 0 Å². The molecule has 1 saturated carbocycles. The summed E-state index contributed by atoms with van der Waals surface area (Å²) in [5, 5.41) is 12.2. The topological polar surface area (TPSA) is 49.3 Å². The molecule has 0 aliphatic heterocycles. The summed E-state index contributed by atoms with van der Waals surface area (Å²) >= 11 is 0. The van der Waals surface area contributed by atoms with E-state index in [-0.39, 0.29) is 0 Å². The minimum absolute atomic E-state index is 0.427. The monoisotopic (exact) mass is 225 g/mol. The van der Waals surface area contributed by atoms with E-state index < -0.39 is 5.97 Å². The summed E-state index contributed by atoms with van der Waals surface area (Å²) in [6.07, 6.45) is 8.19. The molecular weight excluding hydrogens is 202 g/mol. The van der Waals surface area contributed by atoms with Crippen LogP contribution in [0.25, 0.3) is 0 Å². The molecule has 2 N–H and O–H groups in total. The molecule has 0 bridgehead atoms. The summed E-state index contributed by atoms with van der Waals surface area (Å²) in [4.78, 5) is 10.6. The van der Waals surface area contributed by atoms with Crippen LogP contribution in [0.3, 0.4) is 0 Å². The predicted molar refractivity (Wildman–Crippen MR) is 65.4 cm³/mol. The van der Waals surface area contributed by atoms with Gasteiger partial charge in [0.1, 0.15) is 0 Å². The lowest BCUT2D eigenvalue weighted by molar-refractivity contribution is -0.132. The van der Waals surface area contributed by atoms with E-state index in [0.29, 0.717) is 18.2 Å². The Kier molecular flexibility index (Phi) is 5.53. The van der Waals surface area contributed by atoms with E-state index in [4.69, 9.17) is 5.11 Å². The quantitative estimate of drug-likeness (QED) is 0.707. The van der Waals surface area contributed by atoms with Crippen molar-refractivity contribution in [3.05, 3.63) is 11.6 Å². The maximum Gasteiger partial charge on any atom is 0.330 e. The summed E-state index contributed by atoms with van der Waals surface area (Å²) in [5.74, 6) is -0.0511. The van der Waals surface area contributed by atoms with Crippen LogP contribution in [0.1, 0.15) is 46.0 Å². The Morgan fingerprint density at radius 3 is 2.75 bits per heavy atom. The minimum Gasteiger partial charge on any atom is -0.478 e. The van der Waals surface area contributed by atoms with Gasteiger partial charge in [-0.25, -0.2) is 4.79 Å². The third kappa shape index (κ3) is 3.97. The normalized spacial score (nSPS) is 26.8. The Labute approximate surface area is 97.9 Å². The lowest BCUT2D eigenvalue weighted by Gasteiger charge is -2.31. The van der Waals surface area contributed by atoms with Crippen LogP contribution in [0.5, 0.6) is 0 Å². The molecule has 0 aromatic rings. The van der Waals surface area contributed by atoms with E-state index in [2.05, 4.69) is 12.2 Å². The first-order chi connectivity index (χ1) is 7.65. The molecule has 0 aromatic carbocycles. The third-order valence-electron chi connectivity index (χ3n) is 3.56. The highest BCUT2D eigenvalue weighted by atomic mass is 16.4. The first-order valence-corrected chi connectivity index (χ1v) is 6.28. The first kappa shape index (κ1) is 13.2. The van der Waals surface area contributed by atoms with Crippen molar-refractivity contribution in [2.75, 3.05) is 6.54 Å². The standard InChI is InChI=1S/C13H23NO2/c1-3-11-6-4-5-7-12(11)14-9-8-10(2)13(15)16/h8,11-12,14H,3-7,9H2,1-2H3,(H,15,16)/b10-8-. The smallest absolute Gasteiger partial charge is 0.330 e. The Morgan fingerprint density at radius 2 is 2.12 bits per heavy atom. The van der Waals surface area contributed by atoms with Crippen LogP contribution >= 0.6 is 0 Å². The largest absolute Gasteiger partial charge is 0.478 e. The van der Waals surface area contributed by atoms with Crippen molar-refractivity contribution < 1.29 is 9.90 Å². The van der Waals surface area contributed by atoms with Crippen molar-refractivity contribution in [1.82, 2.24) is 5.32 Å². The van der Waals surface area contributed by atoms with E-state index in [1.165, 1.54) is 32.1 Å². The van der Waals surface area contributed by atoms with Gasteiger partial charge in [0.2, 0.25) is 0 Å². The number of hydrogen-bond acceptors (Lipinski definition) is 2. The van der Waals surface area contributed by atoms with Crippen LogP contribution < -0.4 is 5.32 Å². The third-order valence-corrected chi connectivity index (χ3v) is 3.56. The molecule has 0 amide bonds. The predicted octanol–water partition coefficient (Wildman–Crippen LogP) is 2.58. The van der Waals surface area contributed by atoms with Crippen LogP contribution in [0.15, 0.2) is 11.6 Å². The zero-order valence-corrected chi connectivity index (χ0v) is 10.3. The lowest BCUT2D eigenvalue weighted by atomic mass is 9.83. The second-order valence-corrected chi connectivity index (χ2v) is 4.66. The molecule has 1 rings (SSSR count). The molecule has 2 unspecified atom stereocenters. The van der Waals surface area contributed by atoms with Crippen molar-refractivity contribution >= 4 is 5.97 Å². The fourth-order valence-corrected chi connectivity index (χ4v) is 2.42. The molecule has 0 saturated heterocycles. The summed E-state index contributed by atoms with van der Waals surface area (Å²) in [7, 11) is 0. The fraction of sp³-hybridized carbons (Fsp3) is 0.769. The van der Waals surface area contributed by atoms with Crippen molar-refractivity contribution in [3.63, 3.8) is 0 Å². The second-order valence-electron chi connectivity index (χ2n) is 4.66. The molecule has 3 nitrogen and oxygen atoms in total. The van der Waals surface area contributed by atoms with E-state index in [1.54, 1.807) is 13.0 Å². The molecule has 2 atom stereocenters. The maximum atomic E-state index is 10.6. The molecule has 0 aromatic heterocycles. The lowest BCUT2D eigenvalue weighted by Crippen LogP contribution is -2.38. The van der Waals surface area contributed by atoms with Gasteiger partial charge in [-0.1, -0.05) is 32.3 Å². The molecule has 16 heavy (non-hydrogen) atoms.